The first-order valence-electron chi connectivity index (χ1n) is 10.5. The molecule has 0 atom stereocenters. The van der Waals surface area contributed by atoms with E-state index in [0.717, 1.165) is 10.5 Å². The van der Waals surface area contributed by atoms with E-state index in [1.165, 1.54) is 25.3 Å². The van der Waals surface area contributed by atoms with Gasteiger partial charge < -0.3 is 9.47 Å². The lowest BCUT2D eigenvalue weighted by Gasteiger charge is -2.26. The van der Waals surface area contributed by atoms with Crippen LogP contribution in [-0.2, 0) is 16.2 Å². The van der Waals surface area contributed by atoms with Crippen molar-refractivity contribution in [3.63, 3.8) is 0 Å². The molecule has 0 aliphatic carbocycles. The van der Waals surface area contributed by atoms with Gasteiger partial charge in [0, 0.05) is 4.47 Å². The lowest BCUT2D eigenvalue weighted by Crippen LogP contribution is -2.54. The predicted octanol–water partition coefficient (Wildman–Crippen LogP) is 5.15. The van der Waals surface area contributed by atoms with E-state index >= 15 is 0 Å². The smallest absolute Gasteiger partial charge is 0.335 e. The number of aryl methyl sites for hydroxylation is 1. The zero-order chi connectivity index (χ0) is 25.1. The maximum atomic E-state index is 13.4. The lowest BCUT2D eigenvalue weighted by molar-refractivity contribution is -0.122. The van der Waals surface area contributed by atoms with Crippen LogP contribution < -0.4 is 19.7 Å². The fourth-order valence-electron chi connectivity index (χ4n) is 3.46. The number of nitrogens with zero attached hydrogens (tertiary/aromatic N) is 1. The van der Waals surface area contributed by atoms with Crippen molar-refractivity contribution >= 4 is 45.5 Å². The minimum absolute atomic E-state index is 0.107. The third kappa shape index (κ3) is 5.25. The van der Waals surface area contributed by atoms with Crippen LogP contribution in [0.3, 0.4) is 0 Å². The van der Waals surface area contributed by atoms with Crippen LogP contribution in [0.15, 0.2) is 70.7 Å². The molecule has 1 heterocycles. The van der Waals surface area contributed by atoms with E-state index in [-0.39, 0.29) is 18.0 Å². The molecule has 3 aromatic carbocycles. The second-order valence-corrected chi connectivity index (χ2v) is 8.59. The number of nitrogens with one attached hydrogen (secondary N) is 1. The molecule has 0 unspecified atom stereocenters. The molecule has 1 N–H and O–H groups in total. The first-order chi connectivity index (χ1) is 16.8. The number of benzene rings is 3. The average molecular weight is 539 g/mol. The Balaban J connectivity index is 1.64. The molecular formula is C26H20BrFN2O5. The summed E-state index contributed by atoms with van der Waals surface area (Å²) in [6.07, 6.45) is 1.37. The number of methoxy groups -OCH3 is 1. The molecule has 7 nitrogen and oxygen atoms in total. The van der Waals surface area contributed by atoms with Gasteiger partial charge >= 0.3 is 6.03 Å². The van der Waals surface area contributed by atoms with Crippen LogP contribution >= 0.6 is 15.9 Å². The maximum absolute atomic E-state index is 13.4. The molecule has 0 radical (unpaired) electrons. The van der Waals surface area contributed by atoms with E-state index < -0.39 is 17.8 Å². The Kier molecular flexibility index (Phi) is 6.97. The standard InChI is InChI=1S/C26H20BrFN2O5/c1-15-6-8-19(9-7-15)30-25(32)20(24(31)29-26(30)33)11-17-12-22(34-2)23(13-21(17)27)35-14-16-4-3-5-18(28)10-16/h3-13H,14H2,1-2H3,(H,29,31,33)/b20-11+. The molecule has 0 bridgehead atoms. The highest BCUT2D eigenvalue weighted by atomic mass is 79.9. The van der Waals surface area contributed by atoms with Gasteiger partial charge in [-0.15, -0.1) is 0 Å². The molecule has 178 valence electrons. The van der Waals surface area contributed by atoms with Crippen molar-refractivity contribution in [2.24, 2.45) is 0 Å². The Morgan fingerprint density at radius 2 is 1.77 bits per heavy atom. The minimum atomic E-state index is -0.821. The van der Waals surface area contributed by atoms with Crippen LogP contribution in [-0.4, -0.2) is 25.0 Å². The highest BCUT2D eigenvalue weighted by Crippen LogP contribution is 2.35. The Bertz CT molecular complexity index is 1350. The Hall–Kier alpha value is -3.98. The van der Waals surface area contributed by atoms with Crippen molar-refractivity contribution in [1.82, 2.24) is 5.32 Å². The van der Waals surface area contributed by atoms with Crippen LogP contribution in [0.1, 0.15) is 16.7 Å². The molecule has 4 amide bonds. The second-order valence-electron chi connectivity index (χ2n) is 7.74. The van der Waals surface area contributed by atoms with Crippen LogP contribution in [0.2, 0.25) is 0 Å². The SMILES string of the molecule is COc1cc(/C=C2\C(=O)NC(=O)N(c3ccc(C)cc3)C2=O)c(Br)cc1OCc1cccc(F)c1. The number of rotatable bonds is 6. The molecule has 1 aliphatic rings. The monoisotopic (exact) mass is 538 g/mol. The molecule has 0 saturated carbocycles. The minimum Gasteiger partial charge on any atom is -0.493 e. The van der Waals surface area contributed by atoms with E-state index in [9.17, 15) is 18.8 Å². The molecule has 1 fully saturated rings. The summed E-state index contributed by atoms with van der Waals surface area (Å²) in [5.74, 6) is -1.20. The van der Waals surface area contributed by atoms with E-state index in [2.05, 4.69) is 21.2 Å². The molecule has 9 heteroatoms. The first kappa shape index (κ1) is 24.2. The van der Waals surface area contributed by atoms with Crippen molar-refractivity contribution < 1.29 is 28.2 Å². The number of anilines is 1. The highest BCUT2D eigenvalue weighted by molar-refractivity contribution is 9.10. The van der Waals surface area contributed by atoms with E-state index in [0.29, 0.717) is 32.8 Å². The van der Waals surface area contributed by atoms with Gasteiger partial charge in [-0.2, -0.15) is 0 Å². The summed E-state index contributed by atoms with van der Waals surface area (Å²) < 4.78 is 25.2. The summed E-state index contributed by atoms with van der Waals surface area (Å²) in [4.78, 5) is 39.0. The summed E-state index contributed by atoms with van der Waals surface area (Å²) in [5, 5.41) is 2.20. The van der Waals surface area contributed by atoms with Gasteiger partial charge in [-0.05, 0) is 60.5 Å². The van der Waals surface area contributed by atoms with Gasteiger partial charge in [0.15, 0.2) is 11.5 Å². The fraction of sp³-hybridized carbons (Fsp3) is 0.115. The van der Waals surface area contributed by atoms with Gasteiger partial charge in [-0.1, -0.05) is 45.8 Å². The first-order valence-corrected chi connectivity index (χ1v) is 11.3. The van der Waals surface area contributed by atoms with Crippen molar-refractivity contribution in [2.75, 3.05) is 12.0 Å². The van der Waals surface area contributed by atoms with Crippen molar-refractivity contribution in [1.29, 1.82) is 0 Å². The van der Waals surface area contributed by atoms with Gasteiger partial charge in [0.25, 0.3) is 11.8 Å². The van der Waals surface area contributed by atoms with Gasteiger partial charge in [-0.3, -0.25) is 14.9 Å². The van der Waals surface area contributed by atoms with Crippen molar-refractivity contribution in [3.8, 4) is 11.5 Å². The fourth-order valence-corrected chi connectivity index (χ4v) is 3.90. The summed E-state index contributed by atoms with van der Waals surface area (Å²) in [7, 11) is 1.45. The molecule has 3 aromatic rings. The quantitative estimate of drug-likeness (QED) is 0.346. The number of amides is 4. The number of hydrogen-bond acceptors (Lipinski definition) is 5. The van der Waals surface area contributed by atoms with Gasteiger partial charge in [-0.25, -0.2) is 14.1 Å². The molecule has 4 rings (SSSR count). The van der Waals surface area contributed by atoms with Crippen LogP contribution in [0, 0.1) is 12.7 Å². The zero-order valence-corrected chi connectivity index (χ0v) is 20.4. The molecule has 0 spiro atoms. The van der Waals surface area contributed by atoms with Gasteiger partial charge in [0.05, 0.1) is 12.8 Å². The van der Waals surface area contributed by atoms with Gasteiger partial charge in [0.1, 0.15) is 18.0 Å². The summed E-state index contributed by atoms with van der Waals surface area (Å²) in [6.45, 7) is 1.99. The van der Waals surface area contributed by atoms with Crippen molar-refractivity contribution in [2.45, 2.75) is 13.5 Å². The van der Waals surface area contributed by atoms with E-state index in [1.54, 1.807) is 48.5 Å². The zero-order valence-electron chi connectivity index (χ0n) is 18.8. The predicted molar refractivity (Wildman–Crippen MR) is 132 cm³/mol. The second kappa shape index (κ2) is 10.1. The number of urea groups is 1. The van der Waals surface area contributed by atoms with Gasteiger partial charge in [0.2, 0.25) is 0 Å². The summed E-state index contributed by atoms with van der Waals surface area (Å²) >= 11 is 3.43. The third-order valence-corrected chi connectivity index (χ3v) is 5.95. The summed E-state index contributed by atoms with van der Waals surface area (Å²) in [5.41, 5.74) is 2.17. The Morgan fingerprint density at radius 1 is 1.03 bits per heavy atom. The maximum Gasteiger partial charge on any atom is 0.335 e. The number of carbonyl (C=O) groups excluding carboxylic acids is 3. The largest absolute Gasteiger partial charge is 0.493 e. The number of ether oxygens (including phenoxy) is 2. The Morgan fingerprint density at radius 3 is 2.46 bits per heavy atom. The molecule has 1 aliphatic heterocycles. The van der Waals surface area contributed by atoms with Crippen LogP contribution in [0.4, 0.5) is 14.9 Å². The molecule has 35 heavy (non-hydrogen) atoms. The van der Waals surface area contributed by atoms with Crippen LogP contribution in [0.5, 0.6) is 11.5 Å². The van der Waals surface area contributed by atoms with Crippen molar-refractivity contribution in [3.05, 3.63) is 93.2 Å². The normalized spacial score (nSPS) is 14.8. The van der Waals surface area contributed by atoms with Crippen LogP contribution in [0.25, 0.3) is 6.08 Å². The number of hydrogen-bond donors (Lipinski definition) is 1. The molecule has 0 aromatic heterocycles. The van der Waals surface area contributed by atoms with E-state index in [1.807, 2.05) is 6.92 Å². The number of barbiturate groups is 1. The molecular weight excluding hydrogens is 519 g/mol. The van der Waals surface area contributed by atoms with E-state index in [4.69, 9.17) is 9.47 Å². The third-order valence-electron chi connectivity index (χ3n) is 5.26. The topological polar surface area (TPSA) is 84.9 Å². The summed E-state index contributed by atoms with van der Waals surface area (Å²) in [6, 6.07) is 15.2. The number of carbonyl (C=O) groups is 3. The highest BCUT2D eigenvalue weighted by Gasteiger charge is 2.37. The number of halogens is 2. The average Bonchev–Trinajstić information content (AvgIpc) is 2.82. The lowest BCUT2D eigenvalue weighted by atomic mass is 10.1. The Labute approximate surface area is 209 Å². The number of imide groups is 2. The molecule has 1 saturated heterocycles.